The van der Waals surface area contributed by atoms with Crippen molar-refractivity contribution in [2.75, 3.05) is 19.7 Å². The summed E-state index contributed by atoms with van der Waals surface area (Å²) in [5, 5.41) is 11.9. The van der Waals surface area contributed by atoms with Crippen LogP contribution < -0.4 is 10.1 Å². The molecule has 0 atom stereocenters. The van der Waals surface area contributed by atoms with Crippen LogP contribution in [0.2, 0.25) is 0 Å². The van der Waals surface area contributed by atoms with Crippen molar-refractivity contribution in [2.24, 2.45) is 0 Å². The molecule has 1 N–H and O–H groups in total. The molecule has 0 aliphatic rings. The zero-order chi connectivity index (χ0) is 11.1. The third kappa shape index (κ3) is 3.61. The molecule has 0 saturated carbocycles. The zero-order valence-electron chi connectivity index (χ0n) is 9.21. The highest BCUT2D eigenvalue weighted by Gasteiger charge is 2.00. The van der Waals surface area contributed by atoms with Crippen LogP contribution in [0.1, 0.15) is 18.1 Å². The molecule has 3 heteroatoms. The molecule has 0 aliphatic heterocycles. The Morgan fingerprint density at radius 3 is 2.87 bits per heavy atom. The first-order chi connectivity index (χ1) is 7.27. The van der Waals surface area contributed by atoms with Gasteiger partial charge in [0.25, 0.3) is 0 Å². The van der Waals surface area contributed by atoms with Crippen molar-refractivity contribution in [3.8, 4) is 11.8 Å². The van der Waals surface area contributed by atoms with Gasteiger partial charge in [0.05, 0.1) is 11.6 Å². The lowest BCUT2D eigenvalue weighted by molar-refractivity contribution is 0.313. The lowest BCUT2D eigenvalue weighted by Gasteiger charge is -2.09. The van der Waals surface area contributed by atoms with Crippen LogP contribution in [0.5, 0.6) is 5.75 Å². The van der Waals surface area contributed by atoms with E-state index < -0.39 is 0 Å². The Kier molecular flexibility index (Phi) is 4.65. The summed E-state index contributed by atoms with van der Waals surface area (Å²) in [5.74, 6) is 0.854. The van der Waals surface area contributed by atoms with Crippen LogP contribution in [-0.4, -0.2) is 19.7 Å². The Labute approximate surface area is 90.7 Å². The maximum Gasteiger partial charge on any atom is 0.122 e. The molecular weight excluding hydrogens is 188 g/mol. The minimum Gasteiger partial charge on any atom is -0.492 e. The molecule has 0 bridgehead atoms. The third-order valence-corrected chi connectivity index (χ3v) is 2.09. The van der Waals surface area contributed by atoms with Gasteiger partial charge in [0.2, 0.25) is 0 Å². The van der Waals surface area contributed by atoms with Crippen molar-refractivity contribution in [1.29, 1.82) is 5.26 Å². The van der Waals surface area contributed by atoms with Crippen LogP contribution in [-0.2, 0) is 0 Å². The van der Waals surface area contributed by atoms with Gasteiger partial charge in [-0.15, -0.1) is 0 Å². The van der Waals surface area contributed by atoms with Gasteiger partial charge in [-0.2, -0.15) is 5.26 Å². The first kappa shape index (κ1) is 11.5. The standard InChI is InChI=1S/C12H16N2O/c1-3-14-6-7-15-12-5-4-11(9-13)8-10(12)2/h4-5,8,14H,3,6-7H2,1-2H3. The van der Waals surface area contributed by atoms with Crippen LogP contribution in [0.3, 0.4) is 0 Å². The third-order valence-electron chi connectivity index (χ3n) is 2.09. The summed E-state index contributed by atoms with van der Waals surface area (Å²) in [5.41, 5.74) is 1.68. The summed E-state index contributed by atoms with van der Waals surface area (Å²) in [6.07, 6.45) is 0. The number of ether oxygens (including phenoxy) is 1. The van der Waals surface area contributed by atoms with Crippen molar-refractivity contribution in [2.45, 2.75) is 13.8 Å². The molecule has 3 nitrogen and oxygen atoms in total. The average molecular weight is 204 g/mol. The summed E-state index contributed by atoms with van der Waals surface area (Å²) in [6.45, 7) is 6.46. The molecule has 0 heterocycles. The highest BCUT2D eigenvalue weighted by Crippen LogP contribution is 2.18. The Hall–Kier alpha value is -1.53. The van der Waals surface area contributed by atoms with Crippen LogP contribution >= 0.6 is 0 Å². The summed E-state index contributed by atoms with van der Waals surface area (Å²) in [6, 6.07) is 7.56. The molecule has 0 amide bonds. The van der Waals surface area contributed by atoms with Crippen molar-refractivity contribution in [1.82, 2.24) is 5.32 Å². The molecule has 0 fully saturated rings. The SMILES string of the molecule is CCNCCOc1ccc(C#N)cc1C. The zero-order valence-corrected chi connectivity index (χ0v) is 9.21. The second-order valence-corrected chi connectivity index (χ2v) is 3.29. The first-order valence-electron chi connectivity index (χ1n) is 5.12. The number of hydrogen-bond donors (Lipinski definition) is 1. The van der Waals surface area contributed by atoms with Crippen molar-refractivity contribution < 1.29 is 4.74 Å². The predicted molar refractivity (Wildman–Crippen MR) is 59.9 cm³/mol. The van der Waals surface area contributed by atoms with Gasteiger partial charge in [0, 0.05) is 6.54 Å². The van der Waals surface area contributed by atoms with Gasteiger partial charge in [-0.25, -0.2) is 0 Å². The lowest BCUT2D eigenvalue weighted by Crippen LogP contribution is -2.20. The molecule has 1 aromatic rings. The summed E-state index contributed by atoms with van der Waals surface area (Å²) in [4.78, 5) is 0. The van der Waals surface area contributed by atoms with E-state index in [0.717, 1.165) is 24.4 Å². The quantitative estimate of drug-likeness (QED) is 0.744. The summed E-state index contributed by atoms with van der Waals surface area (Å²) >= 11 is 0. The maximum absolute atomic E-state index is 8.70. The van der Waals surface area contributed by atoms with E-state index in [1.165, 1.54) is 0 Å². The van der Waals surface area contributed by atoms with Gasteiger partial charge in [-0.3, -0.25) is 0 Å². The monoisotopic (exact) mass is 204 g/mol. The van der Waals surface area contributed by atoms with E-state index in [1.54, 1.807) is 6.07 Å². The number of aryl methyl sites for hydroxylation is 1. The number of rotatable bonds is 5. The Morgan fingerprint density at radius 1 is 1.47 bits per heavy atom. The van der Waals surface area contributed by atoms with E-state index in [1.807, 2.05) is 19.1 Å². The van der Waals surface area contributed by atoms with Gasteiger partial charge < -0.3 is 10.1 Å². The number of benzene rings is 1. The number of likely N-dealkylation sites (N-methyl/N-ethyl adjacent to an activating group) is 1. The molecule has 1 aromatic carbocycles. The van der Waals surface area contributed by atoms with Crippen molar-refractivity contribution >= 4 is 0 Å². The topological polar surface area (TPSA) is 45.0 Å². The fourth-order valence-electron chi connectivity index (χ4n) is 1.29. The van der Waals surface area contributed by atoms with E-state index in [2.05, 4.69) is 18.3 Å². The number of hydrogen-bond acceptors (Lipinski definition) is 3. The number of nitriles is 1. The largest absolute Gasteiger partial charge is 0.492 e. The number of nitrogens with one attached hydrogen (secondary N) is 1. The molecule has 0 spiro atoms. The molecule has 1 rings (SSSR count). The Morgan fingerprint density at radius 2 is 2.27 bits per heavy atom. The Balaban J connectivity index is 2.52. The van der Waals surface area contributed by atoms with Gasteiger partial charge in [0.15, 0.2) is 0 Å². The van der Waals surface area contributed by atoms with Crippen LogP contribution in [0.25, 0.3) is 0 Å². The molecule has 0 radical (unpaired) electrons. The minimum absolute atomic E-state index is 0.653. The van der Waals surface area contributed by atoms with E-state index in [4.69, 9.17) is 10.00 Å². The second kappa shape index (κ2) is 6.05. The summed E-state index contributed by atoms with van der Waals surface area (Å²) < 4.78 is 5.57. The van der Waals surface area contributed by atoms with Gasteiger partial charge in [-0.05, 0) is 37.2 Å². The van der Waals surface area contributed by atoms with Gasteiger partial charge >= 0.3 is 0 Å². The van der Waals surface area contributed by atoms with Crippen molar-refractivity contribution in [3.05, 3.63) is 29.3 Å². The predicted octanol–water partition coefficient (Wildman–Crippen LogP) is 1.85. The molecule has 0 saturated heterocycles. The maximum atomic E-state index is 8.70. The molecule has 0 aromatic heterocycles. The fourth-order valence-corrected chi connectivity index (χ4v) is 1.29. The van der Waals surface area contributed by atoms with E-state index in [0.29, 0.717) is 12.2 Å². The van der Waals surface area contributed by atoms with Gasteiger partial charge in [-0.1, -0.05) is 6.92 Å². The highest BCUT2D eigenvalue weighted by atomic mass is 16.5. The van der Waals surface area contributed by atoms with Gasteiger partial charge in [0.1, 0.15) is 12.4 Å². The lowest BCUT2D eigenvalue weighted by atomic mass is 10.1. The molecular formula is C12H16N2O. The normalized spacial score (nSPS) is 9.67. The first-order valence-corrected chi connectivity index (χ1v) is 5.12. The average Bonchev–Trinajstić information content (AvgIpc) is 2.26. The summed E-state index contributed by atoms with van der Waals surface area (Å²) in [7, 11) is 0. The second-order valence-electron chi connectivity index (χ2n) is 3.29. The number of nitrogens with zero attached hydrogens (tertiary/aromatic N) is 1. The van der Waals surface area contributed by atoms with E-state index in [-0.39, 0.29) is 0 Å². The smallest absolute Gasteiger partial charge is 0.122 e. The minimum atomic E-state index is 0.653. The van der Waals surface area contributed by atoms with Crippen molar-refractivity contribution in [3.63, 3.8) is 0 Å². The Bertz CT molecular complexity index is 355. The fraction of sp³-hybridized carbons (Fsp3) is 0.417. The molecule has 0 aliphatic carbocycles. The van der Waals surface area contributed by atoms with Crippen LogP contribution in [0.15, 0.2) is 18.2 Å². The molecule has 80 valence electrons. The highest BCUT2D eigenvalue weighted by molar-refractivity contribution is 5.41. The molecule has 0 unspecified atom stereocenters. The van der Waals surface area contributed by atoms with Crippen LogP contribution in [0, 0.1) is 18.3 Å². The van der Waals surface area contributed by atoms with E-state index in [9.17, 15) is 0 Å². The molecule has 15 heavy (non-hydrogen) atoms. The van der Waals surface area contributed by atoms with E-state index >= 15 is 0 Å². The van der Waals surface area contributed by atoms with Crippen LogP contribution in [0.4, 0.5) is 0 Å².